The quantitative estimate of drug-likeness (QED) is 0.919. The Kier molecular flexibility index (Phi) is 3.64. The molecule has 0 aliphatic carbocycles. The van der Waals surface area contributed by atoms with Gasteiger partial charge in [-0.15, -0.1) is 11.3 Å². The zero-order chi connectivity index (χ0) is 13.2. The summed E-state index contributed by atoms with van der Waals surface area (Å²) in [5.74, 6) is 1.29. The fraction of sp³-hybridized carbons (Fsp3) is 0.286. The van der Waals surface area contributed by atoms with Crippen molar-refractivity contribution in [2.24, 2.45) is 0 Å². The molecule has 100 valence electrons. The monoisotopic (exact) mass is 296 g/mol. The van der Waals surface area contributed by atoms with Crippen LogP contribution in [0.1, 0.15) is 23.0 Å². The number of fused-ring (bicyclic) bond motifs is 1. The predicted molar refractivity (Wildman–Crippen MR) is 75.4 cm³/mol. The second kappa shape index (κ2) is 5.41. The Morgan fingerprint density at radius 3 is 2.63 bits per heavy atom. The van der Waals surface area contributed by atoms with Gasteiger partial charge in [-0.1, -0.05) is 17.7 Å². The van der Waals surface area contributed by atoms with Crippen molar-refractivity contribution in [3.8, 4) is 11.5 Å². The van der Waals surface area contributed by atoms with Crippen molar-refractivity contribution in [3.63, 3.8) is 0 Å². The minimum absolute atomic E-state index is 0.491. The Labute approximate surface area is 120 Å². The molecule has 2 heterocycles. The van der Waals surface area contributed by atoms with E-state index in [2.05, 4.69) is 0 Å². The first-order valence-corrected chi connectivity index (χ1v) is 7.32. The Morgan fingerprint density at radius 1 is 1.21 bits per heavy atom. The van der Waals surface area contributed by atoms with Crippen molar-refractivity contribution >= 4 is 22.9 Å². The SMILES string of the molecule is OC(c1cccs1)c1cc2c(cc1Cl)OCCCO2. The fourth-order valence-electron chi connectivity index (χ4n) is 2.01. The molecule has 0 radical (unpaired) electrons. The van der Waals surface area contributed by atoms with Crippen LogP contribution in [0.15, 0.2) is 29.6 Å². The number of aliphatic hydroxyl groups is 1. The minimum Gasteiger partial charge on any atom is -0.490 e. The van der Waals surface area contributed by atoms with Crippen LogP contribution < -0.4 is 9.47 Å². The number of hydrogen-bond donors (Lipinski definition) is 1. The summed E-state index contributed by atoms with van der Waals surface area (Å²) < 4.78 is 11.2. The largest absolute Gasteiger partial charge is 0.490 e. The first-order valence-electron chi connectivity index (χ1n) is 6.06. The molecule has 0 amide bonds. The standard InChI is InChI=1S/C14H13ClO3S/c15-10-8-12-11(17-4-2-5-18-12)7-9(10)14(16)13-3-1-6-19-13/h1,3,6-8,14,16H,2,4-5H2. The second-order valence-corrected chi connectivity index (χ2v) is 5.68. The first-order chi connectivity index (χ1) is 9.25. The highest BCUT2D eigenvalue weighted by Gasteiger charge is 2.20. The molecule has 1 aromatic carbocycles. The van der Waals surface area contributed by atoms with Crippen LogP contribution in [-0.2, 0) is 0 Å². The van der Waals surface area contributed by atoms with Gasteiger partial charge in [0.1, 0.15) is 6.10 Å². The molecule has 0 saturated heterocycles. The van der Waals surface area contributed by atoms with Gasteiger partial charge >= 0.3 is 0 Å². The Balaban J connectivity index is 2.00. The summed E-state index contributed by atoms with van der Waals surface area (Å²) >= 11 is 7.73. The van der Waals surface area contributed by atoms with E-state index in [0.717, 1.165) is 11.3 Å². The lowest BCUT2D eigenvalue weighted by molar-refractivity contribution is 0.223. The lowest BCUT2D eigenvalue weighted by atomic mass is 10.1. The van der Waals surface area contributed by atoms with Gasteiger partial charge in [-0.2, -0.15) is 0 Å². The van der Waals surface area contributed by atoms with Crippen LogP contribution in [0.25, 0.3) is 0 Å². The molecule has 1 unspecified atom stereocenters. The van der Waals surface area contributed by atoms with Crippen LogP contribution >= 0.6 is 22.9 Å². The molecular formula is C14H13ClO3S. The van der Waals surface area contributed by atoms with Crippen molar-refractivity contribution in [2.75, 3.05) is 13.2 Å². The molecule has 3 nitrogen and oxygen atoms in total. The third-order valence-corrected chi connectivity index (χ3v) is 4.23. The number of thiophene rings is 1. The lowest BCUT2D eigenvalue weighted by Crippen LogP contribution is -2.00. The molecule has 0 bridgehead atoms. The van der Waals surface area contributed by atoms with Crippen molar-refractivity contribution < 1.29 is 14.6 Å². The molecule has 1 aliphatic rings. The van der Waals surface area contributed by atoms with Crippen molar-refractivity contribution in [3.05, 3.63) is 45.1 Å². The number of aliphatic hydroxyl groups excluding tert-OH is 1. The summed E-state index contributed by atoms with van der Waals surface area (Å²) in [5.41, 5.74) is 0.647. The van der Waals surface area contributed by atoms with Gasteiger partial charge in [0.05, 0.1) is 18.2 Å². The van der Waals surface area contributed by atoms with Gasteiger partial charge in [-0.25, -0.2) is 0 Å². The molecule has 5 heteroatoms. The first kappa shape index (κ1) is 12.8. The van der Waals surface area contributed by atoms with Gasteiger partial charge in [0.2, 0.25) is 0 Å². The molecule has 1 aromatic heterocycles. The highest BCUT2D eigenvalue weighted by molar-refractivity contribution is 7.10. The van der Waals surface area contributed by atoms with E-state index in [-0.39, 0.29) is 0 Å². The Bertz CT molecular complexity index is 568. The third kappa shape index (κ3) is 2.56. The highest BCUT2D eigenvalue weighted by Crippen LogP contribution is 2.39. The maximum atomic E-state index is 10.4. The Morgan fingerprint density at radius 2 is 1.95 bits per heavy atom. The van der Waals surface area contributed by atoms with Crippen LogP contribution in [0.4, 0.5) is 0 Å². The zero-order valence-electron chi connectivity index (χ0n) is 10.1. The summed E-state index contributed by atoms with van der Waals surface area (Å²) in [6, 6.07) is 7.27. The van der Waals surface area contributed by atoms with E-state index >= 15 is 0 Å². The molecular weight excluding hydrogens is 284 g/mol. The predicted octanol–water partition coefficient (Wildman–Crippen LogP) is 3.64. The topological polar surface area (TPSA) is 38.7 Å². The average Bonchev–Trinajstić information content (AvgIpc) is 2.84. The van der Waals surface area contributed by atoms with E-state index in [9.17, 15) is 5.11 Å². The van der Waals surface area contributed by atoms with E-state index in [0.29, 0.717) is 35.3 Å². The van der Waals surface area contributed by atoms with E-state index in [1.54, 1.807) is 12.1 Å². The fourth-order valence-corrected chi connectivity index (χ4v) is 2.99. The van der Waals surface area contributed by atoms with Gasteiger partial charge in [0, 0.05) is 22.9 Å². The smallest absolute Gasteiger partial charge is 0.162 e. The van der Waals surface area contributed by atoms with Gasteiger partial charge in [0.15, 0.2) is 11.5 Å². The van der Waals surface area contributed by atoms with Gasteiger partial charge in [0.25, 0.3) is 0 Å². The molecule has 0 spiro atoms. The summed E-state index contributed by atoms with van der Waals surface area (Å²) in [5, 5.41) is 12.8. The molecule has 1 N–H and O–H groups in total. The van der Waals surface area contributed by atoms with Crippen LogP contribution in [0.5, 0.6) is 11.5 Å². The molecule has 1 atom stereocenters. The number of rotatable bonds is 2. The number of hydrogen-bond acceptors (Lipinski definition) is 4. The van der Waals surface area contributed by atoms with E-state index in [1.165, 1.54) is 11.3 Å². The highest BCUT2D eigenvalue weighted by atomic mass is 35.5. The molecule has 2 aromatic rings. The lowest BCUT2D eigenvalue weighted by Gasteiger charge is -2.15. The molecule has 0 fully saturated rings. The number of ether oxygens (including phenoxy) is 2. The maximum absolute atomic E-state index is 10.4. The maximum Gasteiger partial charge on any atom is 0.162 e. The average molecular weight is 297 g/mol. The summed E-state index contributed by atoms with van der Waals surface area (Å²) in [6.45, 7) is 1.24. The number of halogens is 1. The van der Waals surface area contributed by atoms with Crippen LogP contribution in [-0.4, -0.2) is 18.3 Å². The third-order valence-electron chi connectivity index (χ3n) is 2.97. The van der Waals surface area contributed by atoms with E-state index < -0.39 is 6.10 Å². The van der Waals surface area contributed by atoms with Crippen molar-refractivity contribution in [2.45, 2.75) is 12.5 Å². The van der Waals surface area contributed by atoms with Crippen LogP contribution in [0.2, 0.25) is 5.02 Å². The summed E-state index contributed by atoms with van der Waals surface area (Å²) in [6.07, 6.45) is 0.111. The molecule has 19 heavy (non-hydrogen) atoms. The van der Waals surface area contributed by atoms with Gasteiger partial charge < -0.3 is 14.6 Å². The normalized spacial score (nSPS) is 15.9. The van der Waals surface area contributed by atoms with E-state index in [1.807, 2.05) is 17.5 Å². The van der Waals surface area contributed by atoms with Crippen molar-refractivity contribution in [1.82, 2.24) is 0 Å². The molecule has 3 rings (SSSR count). The number of benzene rings is 1. The molecule has 0 saturated carbocycles. The Hall–Kier alpha value is -1.23. The van der Waals surface area contributed by atoms with Gasteiger partial charge in [-0.3, -0.25) is 0 Å². The molecule has 1 aliphatic heterocycles. The summed E-state index contributed by atoms with van der Waals surface area (Å²) in [7, 11) is 0. The zero-order valence-corrected chi connectivity index (χ0v) is 11.7. The minimum atomic E-state index is -0.732. The van der Waals surface area contributed by atoms with Gasteiger partial charge in [-0.05, 0) is 17.5 Å². The summed E-state index contributed by atoms with van der Waals surface area (Å²) in [4.78, 5) is 0.858. The van der Waals surface area contributed by atoms with Crippen LogP contribution in [0.3, 0.4) is 0 Å². The van der Waals surface area contributed by atoms with E-state index in [4.69, 9.17) is 21.1 Å². The second-order valence-electron chi connectivity index (χ2n) is 4.29. The van der Waals surface area contributed by atoms with Crippen molar-refractivity contribution in [1.29, 1.82) is 0 Å². The van der Waals surface area contributed by atoms with Crippen LogP contribution in [0, 0.1) is 0 Å².